The highest BCUT2D eigenvalue weighted by molar-refractivity contribution is 9.10. The predicted octanol–water partition coefficient (Wildman–Crippen LogP) is 3.43. The molecule has 0 aliphatic carbocycles. The summed E-state index contributed by atoms with van der Waals surface area (Å²) < 4.78 is 6.80. The second-order valence-corrected chi connectivity index (χ2v) is 5.46. The van der Waals surface area contributed by atoms with Gasteiger partial charge in [0.2, 0.25) is 0 Å². The molecular weight excluding hydrogens is 286 g/mol. The van der Waals surface area contributed by atoms with Gasteiger partial charge in [0.05, 0.1) is 6.61 Å². The van der Waals surface area contributed by atoms with Crippen LogP contribution in [-0.4, -0.2) is 18.9 Å². The SMILES string of the molecule is CCCOc1ccc(Br)cc1CSCCN. The summed E-state index contributed by atoms with van der Waals surface area (Å²) in [4.78, 5) is 0. The van der Waals surface area contributed by atoms with E-state index in [9.17, 15) is 0 Å². The van der Waals surface area contributed by atoms with E-state index in [0.29, 0.717) is 0 Å². The number of hydrogen-bond acceptors (Lipinski definition) is 3. The molecule has 0 aromatic heterocycles. The second kappa shape index (κ2) is 7.98. The van der Waals surface area contributed by atoms with Crippen LogP contribution in [0.5, 0.6) is 5.75 Å². The Labute approximate surface area is 110 Å². The quantitative estimate of drug-likeness (QED) is 0.784. The highest BCUT2D eigenvalue weighted by atomic mass is 79.9. The van der Waals surface area contributed by atoms with Crippen LogP contribution in [0.15, 0.2) is 22.7 Å². The van der Waals surface area contributed by atoms with Gasteiger partial charge in [0.25, 0.3) is 0 Å². The summed E-state index contributed by atoms with van der Waals surface area (Å²) in [5.74, 6) is 2.93. The fourth-order valence-electron chi connectivity index (χ4n) is 1.28. The van der Waals surface area contributed by atoms with E-state index in [1.165, 1.54) is 5.56 Å². The Balaban J connectivity index is 2.65. The van der Waals surface area contributed by atoms with Crippen LogP contribution in [-0.2, 0) is 5.75 Å². The van der Waals surface area contributed by atoms with Gasteiger partial charge in [-0.2, -0.15) is 11.8 Å². The van der Waals surface area contributed by atoms with Crippen molar-refractivity contribution in [1.82, 2.24) is 0 Å². The highest BCUT2D eigenvalue weighted by Crippen LogP contribution is 2.27. The molecule has 4 heteroatoms. The molecule has 0 aliphatic heterocycles. The molecule has 0 spiro atoms. The third-order valence-electron chi connectivity index (χ3n) is 2.00. The Kier molecular flexibility index (Phi) is 6.92. The summed E-state index contributed by atoms with van der Waals surface area (Å²) in [6.07, 6.45) is 1.03. The molecule has 0 fully saturated rings. The van der Waals surface area contributed by atoms with Crippen molar-refractivity contribution >= 4 is 27.7 Å². The zero-order valence-electron chi connectivity index (χ0n) is 9.54. The van der Waals surface area contributed by atoms with E-state index in [0.717, 1.165) is 41.3 Å². The van der Waals surface area contributed by atoms with Gasteiger partial charge in [-0.3, -0.25) is 0 Å². The molecule has 2 nitrogen and oxygen atoms in total. The Morgan fingerprint density at radius 2 is 2.25 bits per heavy atom. The maximum Gasteiger partial charge on any atom is 0.123 e. The number of benzene rings is 1. The highest BCUT2D eigenvalue weighted by Gasteiger charge is 2.04. The molecule has 1 rings (SSSR count). The zero-order chi connectivity index (χ0) is 11.8. The zero-order valence-corrected chi connectivity index (χ0v) is 11.9. The fourth-order valence-corrected chi connectivity index (χ4v) is 2.44. The van der Waals surface area contributed by atoms with Crippen LogP contribution in [0.3, 0.4) is 0 Å². The number of rotatable bonds is 7. The van der Waals surface area contributed by atoms with Crippen LogP contribution >= 0.6 is 27.7 Å². The first-order chi connectivity index (χ1) is 7.77. The minimum Gasteiger partial charge on any atom is -0.493 e. The molecule has 0 saturated carbocycles. The first kappa shape index (κ1) is 13.9. The third kappa shape index (κ3) is 4.76. The standard InChI is InChI=1S/C12H18BrNOS/c1-2-6-15-12-4-3-11(13)8-10(12)9-16-7-5-14/h3-4,8H,2,5-7,9,14H2,1H3. The van der Waals surface area contributed by atoms with Crippen molar-refractivity contribution in [2.24, 2.45) is 5.73 Å². The van der Waals surface area contributed by atoms with Crippen molar-refractivity contribution in [1.29, 1.82) is 0 Å². The normalized spacial score (nSPS) is 10.4. The van der Waals surface area contributed by atoms with Gasteiger partial charge in [-0.05, 0) is 24.6 Å². The minimum atomic E-state index is 0.726. The van der Waals surface area contributed by atoms with Gasteiger partial charge in [0.1, 0.15) is 5.75 Å². The lowest BCUT2D eigenvalue weighted by molar-refractivity contribution is 0.315. The van der Waals surface area contributed by atoms with E-state index in [-0.39, 0.29) is 0 Å². The van der Waals surface area contributed by atoms with Crippen molar-refractivity contribution < 1.29 is 4.74 Å². The molecule has 0 saturated heterocycles. The molecule has 16 heavy (non-hydrogen) atoms. The number of nitrogens with two attached hydrogens (primary N) is 1. The summed E-state index contributed by atoms with van der Waals surface area (Å²) in [5, 5.41) is 0. The Morgan fingerprint density at radius 3 is 2.94 bits per heavy atom. The number of halogens is 1. The van der Waals surface area contributed by atoms with Crippen molar-refractivity contribution in [3.05, 3.63) is 28.2 Å². The van der Waals surface area contributed by atoms with E-state index in [1.807, 2.05) is 23.9 Å². The van der Waals surface area contributed by atoms with Crippen molar-refractivity contribution in [2.75, 3.05) is 18.9 Å². The maximum absolute atomic E-state index is 5.71. The van der Waals surface area contributed by atoms with Gasteiger partial charge in [-0.1, -0.05) is 22.9 Å². The second-order valence-electron chi connectivity index (χ2n) is 3.44. The Hall–Kier alpha value is -0.190. The number of ether oxygens (including phenoxy) is 1. The van der Waals surface area contributed by atoms with Gasteiger partial charge < -0.3 is 10.5 Å². The summed E-state index contributed by atoms with van der Waals surface area (Å²) in [7, 11) is 0. The van der Waals surface area contributed by atoms with Gasteiger partial charge >= 0.3 is 0 Å². The van der Waals surface area contributed by atoms with Crippen LogP contribution in [0, 0.1) is 0 Å². The lowest BCUT2D eigenvalue weighted by Gasteiger charge is -2.11. The van der Waals surface area contributed by atoms with Crippen molar-refractivity contribution in [3.8, 4) is 5.75 Å². The predicted molar refractivity (Wildman–Crippen MR) is 75.1 cm³/mol. The first-order valence-electron chi connectivity index (χ1n) is 5.47. The van der Waals surface area contributed by atoms with Crippen LogP contribution in [0.4, 0.5) is 0 Å². The smallest absolute Gasteiger partial charge is 0.123 e. The molecule has 90 valence electrons. The first-order valence-corrected chi connectivity index (χ1v) is 7.41. The molecule has 0 unspecified atom stereocenters. The molecule has 0 heterocycles. The van der Waals surface area contributed by atoms with Gasteiger partial charge in [0.15, 0.2) is 0 Å². The Bertz CT molecular complexity index is 320. The van der Waals surface area contributed by atoms with Crippen molar-refractivity contribution in [2.45, 2.75) is 19.1 Å². The van der Waals surface area contributed by atoms with E-state index in [2.05, 4.69) is 28.9 Å². The topological polar surface area (TPSA) is 35.2 Å². The molecule has 0 atom stereocenters. The molecule has 1 aromatic carbocycles. The fraction of sp³-hybridized carbons (Fsp3) is 0.500. The monoisotopic (exact) mass is 303 g/mol. The summed E-state index contributed by atoms with van der Waals surface area (Å²) in [6, 6.07) is 6.16. The van der Waals surface area contributed by atoms with Crippen LogP contribution in [0.1, 0.15) is 18.9 Å². The number of hydrogen-bond donors (Lipinski definition) is 1. The molecular formula is C12H18BrNOS. The molecule has 0 amide bonds. The third-order valence-corrected chi connectivity index (χ3v) is 3.54. The van der Waals surface area contributed by atoms with Crippen molar-refractivity contribution in [3.63, 3.8) is 0 Å². The van der Waals surface area contributed by atoms with Gasteiger partial charge in [0, 0.05) is 28.1 Å². The van der Waals surface area contributed by atoms with E-state index >= 15 is 0 Å². The molecule has 0 aliphatic rings. The van der Waals surface area contributed by atoms with Gasteiger partial charge in [-0.25, -0.2) is 0 Å². The molecule has 0 radical (unpaired) electrons. The van der Waals surface area contributed by atoms with Crippen LogP contribution in [0.2, 0.25) is 0 Å². The van der Waals surface area contributed by atoms with E-state index in [4.69, 9.17) is 10.5 Å². The minimum absolute atomic E-state index is 0.726. The molecule has 2 N–H and O–H groups in total. The summed E-state index contributed by atoms with van der Waals surface area (Å²) in [5.41, 5.74) is 6.72. The summed E-state index contributed by atoms with van der Waals surface area (Å²) >= 11 is 5.32. The molecule has 0 bridgehead atoms. The van der Waals surface area contributed by atoms with Crippen LogP contribution < -0.4 is 10.5 Å². The van der Waals surface area contributed by atoms with Gasteiger partial charge in [-0.15, -0.1) is 0 Å². The average Bonchev–Trinajstić information content (AvgIpc) is 2.28. The van der Waals surface area contributed by atoms with E-state index < -0.39 is 0 Å². The largest absolute Gasteiger partial charge is 0.493 e. The summed E-state index contributed by atoms with van der Waals surface area (Å²) in [6.45, 7) is 3.61. The lowest BCUT2D eigenvalue weighted by Crippen LogP contribution is -2.02. The molecule has 1 aromatic rings. The Morgan fingerprint density at radius 1 is 1.44 bits per heavy atom. The lowest BCUT2D eigenvalue weighted by atomic mass is 10.2. The van der Waals surface area contributed by atoms with E-state index in [1.54, 1.807) is 0 Å². The van der Waals surface area contributed by atoms with Crippen LogP contribution in [0.25, 0.3) is 0 Å². The number of thioether (sulfide) groups is 1. The average molecular weight is 304 g/mol. The maximum atomic E-state index is 5.71.